The number of primary amides is 1. The molecular formula is C10H13NO. The highest BCUT2D eigenvalue weighted by Crippen LogP contribution is 2.14. The third kappa shape index (κ3) is 1.47. The topological polar surface area (TPSA) is 43.1 Å². The molecule has 0 bridgehead atoms. The molecule has 0 aliphatic heterocycles. The standard InChI is InChI=1S/C10H13NO/c1-6-4-8(3)9(10(11)12)5-7(6)2/h4-5H,1-3H3,(H2,11,12). The molecule has 0 aromatic heterocycles. The number of hydrogen-bond donors (Lipinski definition) is 1. The predicted molar refractivity (Wildman–Crippen MR) is 49.2 cm³/mol. The molecule has 2 nitrogen and oxygen atoms in total. The fraction of sp³-hybridized carbons (Fsp3) is 0.300. The van der Waals surface area contributed by atoms with Crippen LogP contribution in [0.3, 0.4) is 0 Å². The van der Waals surface area contributed by atoms with E-state index < -0.39 is 0 Å². The third-order valence-corrected chi connectivity index (χ3v) is 2.11. The first-order valence-corrected chi connectivity index (χ1v) is 3.90. The number of nitrogens with two attached hydrogens (primary N) is 1. The van der Waals surface area contributed by atoms with Gasteiger partial charge in [0.15, 0.2) is 0 Å². The minimum atomic E-state index is -0.351. The maximum absolute atomic E-state index is 10.9. The Morgan fingerprint density at radius 3 is 2.08 bits per heavy atom. The van der Waals surface area contributed by atoms with E-state index in [0.717, 1.165) is 11.1 Å². The SMILES string of the molecule is Cc1cc(C)c(C(N)=O)cc1C. The second-order valence-electron chi connectivity index (χ2n) is 3.12. The van der Waals surface area contributed by atoms with Crippen LogP contribution in [0.15, 0.2) is 12.1 Å². The van der Waals surface area contributed by atoms with Crippen molar-refractivity contribution in [1.82, 2.24) is 0 Å². The summed E-state index contributed by atoms with van der Waals surface area (Å²) in [5, 5.41) is 0. The van der Waals surface area contributed by atoms with E-state index in [1.54, 1.807) is 0 Å². The monoisotopic (exact) mass is 163 g/mol. The van der Waals surface area contributed by atoms with Gasteiger partial charge in [-0.1, -0.05) is 6.07 Å². The van der Waals surface area contributed by atoms with E-state index in [4.69, 9.17) is 5.73 Å². The Balaban J connectivity index is 3.33. The summed E-state index contributed by atoms with van der Waals surface area (Å²) in [6.45, 7) is 5.89. The Kier molecular flexibility index (Phi) is 2.18. The number of carbonyl (C=O) groups is 1. The van der Waals surface area contributed by atoms with Gasteiger partial charge in [-0.2, -0.15) is 0 Å². The van der Waals surface area contributed by atoms with Crippen LogP contribution in [0.4, 0.5) is 0 Å². The van der Waals surface area contributed by atoms with Crippen LogP contribution < -0.4 is 5.73 Å². The Morgan fingerprint density at radius 2 is 1.58 bits per heavy atom. The molecule has 0 heterocycles. The van der Waals surface area contributed by atoms with Gasteiger partial charge in [0.1, 0.15) is 0 Å². The molecule has 0 radical (unpaired) electrons. The van der Waals surface area contributed by atoms with Crippen LogP contribution in [0.2, 0.25) is 0 Å². The Bertz CT molecular complexity index is 329. The minimum Gasteiger partial charge on any atom is -0.366 e. The zero-order chi connectivity index (χ0) is 9.30. The number of carbonyl (C=O) groups excluding carboxylic acids is 1. The summed E-state index contributed by atoms with van der Waals surface area (Å²) in [5.74, 6) is -0.351. The highest BCUT2D eigenvalue weighted by atomic mass is 16.1. The summed E-state index contributed by atoms with van der Waals surface area (Å²) in [6, 6.07) is 3.82. The largest absolute Gasteiger partial charge is 0.366 e. The van der Waals surface area contributed by atoms with Crippen molar-refractivity contribution in [1.29, 1.82) is 0 Å². The molecule has 1 rings (SSSR count). The molecule has 1 aromatic carbocycles. The van der Waals surface area contributed by atoms with Gasteiger partial charge in [0.2, 0.25) is 5.91 Å². The number of hydrogen-bond acceptors (Lipinski definition) is 1. The van der Waals surface area contributed by atoms with Crippen LogP contribution in [0.5, 0.6) is 0 Å². The summed E-state index contributed by atoms with van der Waals surface area (Å²) >= 11 is 0. The van der Waals surface area contributed by atoms with Crippen LogP contribution in [0.1, 0.15) is 27.0 Å². The number of aryl methyl sites for hydroxylation is 3. The first kappa shape index (κ1) is 8.78. The normalized spacial score (nSPS) is 9.92. The highest BCUT2D eigenvalue weighted by molar-refractivity contribution is 5.94. The molecule has 0 saturated carbocycles. The molecule has 0 spiro atoms. The maximum atomic E-state index is 10.9. The van der Waals surface area contributed by atoms with Gasteiger partial charge in [-0.15, -0.1) is 0 Å². The van der Waals surface area contributed by atoms with E-state index in [1.165, 1.54) is 5.56 Å². The predicted octanol–water partition coefficient (Wildman–Crippen LogP) is 1.71. The minimum absolute atomic E-state index is 0.351. The van der Waals surface area contributed by atoms with Crippen LogP contribution >= 0.6 is 0 Å². The maximum Gasteiger partial charge on any atom is 0.248 e. The fourth-order valence-electron chi connectivity index (χ4n) is 1.23. The third-order valence-electron chi connectivity index (χ3n) is 2.11. The van der Waals surface area contributed by atoms with Crippen molar-refractivity contribution < 1.29 is 4.79 Å². The van der Waals surface area contributed by atoms with Crippen molar-refractivity contribution in [3.63, 3.8) is 0 Å². The first-order chi connectivity index (χ1) is 5.52. The van der Waals surface area contributed by atoms with Crippen molar-refractivity contribution in [2.24, 2.45) is 5.73 Å². The molecule has 1 amide bonds. The summed E-state index contributed by atoms with van der Waals surface area (Å²) in [6.07, 6.45) is 0. The quantitative estimate of drug-likeness (QED) is 0.673. The van der Waals surface area contributed by atoms with E-state index in [9.17, 15) is 4.79 Å². The second kappa shape index (κ2) is 2.97. The average Bonchev–Trinajstić information content (AvgIpc) is 1.96. The fourth-order valence-corrected chi connectivity index (χ4v) is 1.23. The van der Waals surface area contributed by atoms with Crippen molar-refractivity contribution in [2.45, 2.75) is 20.8 Å². The lowest BCUT2D eigenvalue weighted by Crippen LogP contribution is -2.13. The molecule has 2 heteroatoms. The van der Waals surface area contributed by atoms with Gasteiger partial charge < -0.3 is 5.73 Å². The van der Waals surface area contributed by atoms with Crippen molar-refractivity contribution in [3.05, 3.63) is 34.4 Å². The lowest BCUT2D eigenvalue weighted by molar-refractivity contribution is 0.0999. The Morgan fingerprint density at radius 1 is 1.08 bits per heavy atom. The molecule has 0 fully saturated rings. The van der Waals surface area contributed by atoms with Crippen molar-refractivity contribution in [2.75, 3.05) is 0 Å². The first-order valence-electron chi connectivity index (χ1n) is 3.90. The van der Waals surface area contributed by atoms with Gasteiger partial charge in [0, 0.05) is 5.56 Å². The Hall–Kier alpha value is -1.31. The van der Waals surface area contributed by atoms with Crippen LogP contribution in [-0.4, -0.2) is 5.91 Å². The smallest absolute Gasteiger partial charge is 0.248 e. The van der Waals surface area contributed by atoms with E-state index in [0.29, 0.717) is 5.56 Å². The lowest BCUT2D eigenvalue weighted by Gasteiger charge is -2.05. The zero-order valence-corrected chi connectivity index (χ0v) is 7.64. The molecule has 0 atom stereocenters. The molecule has 0 aliphatic carbocycles. The summed E-state index contributed by atoms with van der Waals surface area (Å²) in [4.78, 5) is 10.9. The highest BCUT2D eigenvalue weighted by Gasteiger charge is 2.05. The van der Waals surface area contributed by atoms with Gasteiger partial charge in [0.25, 0.3) is 0 Å². The van der Waals surface area contributed by atoms with Crippen molar-refractivity contribution >= 4 is 5.91 Å². The molecule has 1 aromatic rings. The second-order valence-corrected chi connectivity index (χ2v) is 3.12. The van der Waals surface area contributed by atoms with Crippen LogP contribution in [0.25, 0.3) is 0 Å². The zero-order valence-electron chi connectivity index (χ0n) is 7.64. The van der Waals surface area contributed by atoms with Gasteiger partial charge in [-0.05, 0) is 43.5 Å². The number of rotatable bonds is 1. The molecular weight excluding hydrogens is 150 g/mol. The number of benzene rings is 1. The van der Waals surface area contributed by atoms with E-state index in [-0.39, 0.29) is 5.91 Å². The Labute approximate surface area is 72.4 Å². The van der Waals surface area contributed by atoms with Gasteiger partial charge in [-0.25, -0.2) is 0 Å². The van der Waals surface area contributed by atoms with E-state index in [2.05, 4.69) is 0 Å². The van der Waals surface area contributed by atoms with Gasteiger partial charge >= 0.3 is 0 Å². The molecule has 12 heavy (non-hydrogen) atoms. The van der Waals surface area contributed by atoms with Gasteiger partial charge in [-0.3, -0.25) is 4.79 Å². The summed E-state index contributed by atoms with van der Waals surface area (Å²) < 4.78 is 0. The summed E-state index contributed by atoms with van der Waals surface area (Å²) in [5.41, 5.74) is 9.07. The molecule has 0 saturated heterocycles. The molecule has 2 N–H and O–H groups in total. The van der Waals surface area contributed by atoms with Crippen LogP contribution in [0, 0.1) is 20.8 Å². The average molecular weight is 163 g/mol. The van der Waals surface area contributed by atoms with Crippen LogP contribution in [-0.2, 0) is 0 Å². The van der Waals surface area contributed by atoms with E-state index in [1.807, 2.05) is 32.9 Å². The van der Waals surface area contributed by atoms with Gasteiger partial charge in [0.05, 0.1) is 0 Å². The summed E-state index contributed by atoms with van der Waals surface area (Å²) in [7, 11) is 0. The molecule has 0 unspecified atom stereocenters. The molecule has 64 valence electrons. The lowest BCUT2D eigenvalue weighted by atomic mass is 10.0. The molecule has 0 aliphatic rings. The van der Waals surface area contributed by atoms with E-state index >= 15 is 0 Å². The number of amides is 1. The van der Waals surface area contributed by atoms with Crippen molar-refractivity contribution in [3.8, 4) is 0 Å².